The highest BCUT2D eigenvalue weighted by atomic mass is 35.5. The molecule has 0 aromatic heterocycles. The number of non-ortho nitro benzene ring substituents is 1. The fraction of sp³-hybridized carbons (Fsp3) is 0. The second kappa shape index (κ2) is 6.79. The molecule has 0 saturated carbocycles. The fourth-order valence-corrected chi connectivity index (χ4v) is 2.03. The number of hydrogen-bond donors (Lipinski definition) is 0. The van der Waals surface area contributed by atoms with E-state index in [0.717, 1.165) is 6.21 Å². The lowest BCUT2D eigenvalue weighted by atomic mass is 10.1. The molecular formula is C13H7ClN4O6. The van der Waals surface area contributed by atoms with Crippen LogP contribution in [0.15, 0.2) is 41.4 Å². The van der Waals surface area contributed by atoms with Gasteiger partial charge in [0.2, 0.25) is 0 Å². The van der Waals surface area contributed by atoms with Crippen molar-refractivity contribution in [3.63, 3.8) is 0 Å². The Morgan fingerprint density at radius 1 is 0.917 bits per heavy atom. The van der Waals surface area contributed by atoms with E-state index < -0.39 is 37.4 Å². The molecule has 2 aromatic rings. The van der Waals surface area contributed by atoms with Crippen molar-refractivity contribution in [2.45, 2.75) is 0 Å². The maximum Gasteiger partial charge on any atom is 0.291 e. The molecule has 0 fully saturated rings. The van der Waals surface area contributed by atoms with Crippen molar-refractivity contribution in [2.75, 3.05) is 0 Å². The molecule has 0 unspecified atom stereocenters. The van der Waals surface area contributed by atoms with Crippen molar-refractivity contribution in [1.29, 1.82) is 0 Å². The van der Waals surface area contributed by atoms with Crippen molar-refractivity contribution >= 4 is 40.6 Å². The predicted molar refractivity (Wildman–Crippen MR) is 85.1 cm³/mol. The van der Waals surface area contributed by atoms with Crippen LogP contribution in [0.5, 0.6) is 0 Å². The summed E-state index contributed by atoms with van der Waals surface area (Å²) in [6.07, 6.45) is 0.908. The summed E-state index contributed by atoms with van der Waals surface area (Å²) in [5.74, 6) is 0. The molecule has 122 valence electrons. The molecule has 0 atom stereocenters. The van der Waals surface area contributed by atoms with Crippen molar-refractivity contribution in [3.8, 4) is 0 Å². The van der Waals surface area contributed by atoms with Gasteiger partial charge in [0.05, 0.1) is 32.6 Å². The van der Waals surface area contributed by atoms with Crippen molar-refractivity contribution in [2.24, 2.45) is 4.99 Å². The number of halogens is 1. The van der Waals surface area contributed by atoms with E-state index in [-0.39, 0.29) is 0 Å². The molecule has 11 heteroatoms. The van der Waals surface area contributed by atoms with Gasteiger partial charge in [-0.3, -0.25) is 35.3 Å². The first-order valence-corrected chi connectivity index (χ1v) is 6.58. The minimum absolute atomic E-state index is 0.310. The predicted octanol–water partition coefficient (Wildman–Crippen LogP) is 3.82. The molecule has 24 heavy (non-hydrogen) atoms. The standard InChI is InChI=1S/C13H7ClN4O6/c14-8-2-1-3-9(4-8)15-7-11-12(17(21)22)5-10(16(19)20)6-13(11)18(23)24/h1-7H. The third kappa shape index (κ3) is 3.67. The summed E-state index contributed by atoms with van der Waals surface area (Å²) in [6, 6.07) is 7.43. The average Bonchev–Trinajstić information content (AvgIpc) is 2.51. The summed E-state index contributed by atoms with van der Waals surface area (Å²) < 4.78 is 0. The SMILES string of the molecule is O=[N+]([O-])c1cc([N+](=O)[O-])c(C=Nc2cccc(Cl)c2)c([N+](=O)[O-])c1. The van der Waals surface area contributed by atoms with Crippen LogP contribution in [0, 0.1) is 30.3 Å². The Hall–Kier alpha value is -3.40. The average molecular weight is 351 g/mol. The van der Waals surface area contributed by atoms with Crippen LogP contribution >= 0.6 is 11.6 Å². The quantitative estimate of drug-likeness (QED) is 0.455. The molecule has 2 rings (SSSR count). The molecule has 10 nitrogen and oxygen atoms in total. The first-order chi connectivity index (χ1) is 11.3. The Balaban J connectivity index is 2.64. The third-order valence-corrected chi connectivity index (χ3v) is 3.11. The first kappa shape index (κ1) is 17.0. The fourth-order valence-electron chi connectivity index (χ4n) is 1.84. The Labute approximate surface area is 138 Å². The highest BCUT2D eigenvalue weighted by molar-refractivity contribution is 6.30. The highest BCUT2D eigenvalue weighted by Gasteiger charge is 2.29. The lowest BCUT2D eigenvalue weighted by Crippen LogP contribution is -2.02. The molecule has 0 bridgehead atoms. The van der Waals surface area contributed by atoms with E-state index in [9.17, 15) is 30.3 Å². The van der Waals surface area contributed by atoms with Gasteiger partial charge in [-0.05, 0) is 18.2 Å². The number of hydrogen-bond acceptors (Lipinski definition) is 7. The van der Waals surface area contributed by atoms with E-state index in [2.05, 4.69) is 4.99 Å². The number of nitro benzene ring substituents is 3. The van der Waals surface area contributed by atoms with Gasteiger partial charge in [0.15, 0.2) is 0 Å². The molecular weight excluding hydrogens is 344 g/mol. The van der Waals surface area contributed by atoms with Gasteiger partial charge in [-0.25, -0.2) is 0 Å². The molecule has 0 aliphatic rings. The van der Waals surface area contributed by atoms with Gasteiger partial charge in [-0.1, -0.05) is 17.7 Å². The summed E-state index contributed by atoms with van der Waals surface area (Å²) in [4.78, 5) is 34.1. The second-order valence-electron chi connectivity index (χ2n) is 4.41. The molecule has 0 saturated heterocycles. The Morgan fingerprint density at radius 3 is 1.96 bits per heavy atom. The van der Waals surface area contributed by atoms with Crippen LogP contribution in [-0.2, 0) is 0 Å². The minimum atomic E-state index is -0.947. The molecule has 0 heterocycles. The maximum atomic E-state index is 11.1. The molecule has 0 spiro atoms. The summed E-state index contributed by atoms with van der Waals surface area (Å²) in [5, 5.41) is 33.4. The van der Waals surface area contributed by atoms with Gasteiger partial charge in [0.1, 0.15) is 5.56 Å². The molecule has 0 aliphatic heterocycles. The van der Waals surface area contributed by atoms with E-state index in [4.69, 9.17) is 11.6 Å². The van der Waals surface area contributed by atoms with E-state index in [1.807, 2.05) is 0 Å². The lowest BCUT2D eigenvalue weighted by molar-refractivity contribution is -0.403. The maximum absolute atomic E-state index is 11.1. The van der Waals surface area contributed by atoms with Crippen LogP contribution in [0.4, 0.5) is 22.7 Å². The van der Waals surface area contributed by atoms with Crippen LogP contribution in [0.2, 0.25) is 5.02 Å². The molecule has 2 aromatic carbocycles. The normalized spacial score (nSPS) is 10.7. The van der Waals surface area contributed by atoms with Crippen LogP contribution < -0.4 is 0 Å². The summed E-state index contributed by atoms with van der Waals surface area (Å²) in [7, 11) is 0. The molecule has 0 amide bonds. The van der Waals surface area contributed by atoms with Crippen molar-refractivity contribution in [3.05, 3.63) is 77.3 Å². The van der Waals surface area contributed by atoms with E-state index in [1.54, 1.807) is 12.1 Å². The monoisotopic (exact) mass is 350 g/mol. The van der Waals surface area contributed by atoms with Gasteiger partial charge in [-0.15, -0.1) is 0 Å². The molecule has 0 radical (unpaired) electrons. The van der Waals surface area contributed by atoms with E-state index in [1.165, 1.54) is 12.1 Å². The number of rotatable bonds is 5. The Bertz CT molecular complexity index is 848. The smallest absolute Gasteiger partial charge is 0.258 e. The zero-order valence-electron chi connectivity index (χ0n) is 11.7. The second-order valence-corrected chi connectivity index (χ2v) is 4.84. The summed E-state index contributed by atoms with van der Waals surface area (Å²) >= 11 is 5.78. The number of benzene rings is 2. The largest absolute Gasteiger partial charge is 0.291 e. The van der Waals surface area contributed by atoms with Gasteiger partial charge >= 0.3 is 0 Å². The lowest BCUT2D eigenvalue weighted by Gasteiger charge is -2.00. The van der Waals surface area contributed by atoms with Crippen molar-refractivity contribution in [1.82, 2.24) is 0 Å². The van der Waals surface area contributed by atoms with Gasteiger partial charge in [0, 0.05) is 11.2 Å². The number of nitro groups is 3. The third-order valence-electron chi connectivity index (χ3n) is 2.88. The molecule has 0 N–H and O–H groups in total. The molecule has 0 aliphatic carbocycles. The van der Waals surface area contributed by atoms with Gasteiger partial charge in [0.25, 0.3) is 17.1 Å². The Morgan fingerprint density at radius 2 is 1.50 bits per heavy atom. The van der Waals surface area contributed by atoms with Crippen LogP contribution in [0.1, 0.15) is 5.56 Å². The first-order valence-electron chi connectivity index (χ1n) is 6.20. The summed E-state index contributed by atoms with van der Waals surface area (Å²) in [5.41, 5.74) is -2.48. The van der Waals surface area contributed by atoms with Gasteiger partial charge < -0.3 is 0 Å². The summed E-state index contributed by atoms with van der Waals surface area (Å²) in [6.45, 7) is 0. The zero-order chi connectivity index (χ0) is 17.9. The topological polar surface area (TPSA) is 142 Å². The van der Waals surface area contributed by atoms with Crippen molar-refractivity contribution < 1.29 is 14.8 Å². The van der Waals surface area contributed by atoms with Crippen LogP contribution in [0.25, 0.3) is 0 Å². The van der Waals surface area contributed by atoms with E-state index in [0.29, 0.717) is 22.8 Å². The minimum Gasteiger partial charge on any atom is -0.258 e. The van der Waals surface area contributed by atoms with Gasteiger partial charge in [-0.2, -0.15) is 0 Å². The highest BCUT2D eigenvalue weighted by Crippen LogP contribution is 2.33. The van der Waals surface area contributed by atoms with Crippen LogP contribution in [-0.4, -0.2) is 21.0 Å². The Kier molecular flexibility index (Phi) is 4.80. The number of aliphatic imine (C=N–C) groups is 1. The van der Waals surface area contributed by atoms with Crippen LogP contribution in [0.3, 0.4) is 0 Å². The van der Waals surface area contributed by atoms with E-state index >= 15 is 0 Å². The number of nitrogens with zero attached hydrogens (tertiary/aromatic N) is 4. The zero-order valence-corrected chi connectivity index (χ0v) is 12.4.